The van der Waals surface area contributed by atoms with Gasteiger partial charge in [-0.25, -0.2) is 13.1 Å². The molecule has 5 aromatic rings. The van der Waals surface area contributed by atoms with Gasteiger partial charge in [0.05, 0.1) is 23.7 Å². The SMILES string of the molecule is Cc1ccc(C(c2nnnn2CS(=O)(=O)c2ccc(C)cc2)N(Cc2cccnc2)Cc2ccco2)cc1. The van der Waals surface area contributed by atoms with Gasteiger partial charge in [-0.1, -0.05) is 53.6 Å². The van der Waals surface area contributed by atoms with Crippen LogP contribution in [0.25, 0.3) is 0 Å². The smallest absolute Gasteiger partial charge is 0.198 e. The first-order valence-electron chi connectivity index (χ1n) is 12.2. The highest BCUT2D eigenvalue weighted by atomic mass is 32.2. The molecule has 0 saturated carbocycles. The fourth-order valence-electron chi connectivity index (χ4n) is 4.32. The number of aromatic nitrogens is 5. The zero-order chi connectivity index (χ0) is 26.5. The van der Waals surface area contributed by atoms with Crippen molar-refractivity contribution in [1.29, 1.82) is 0 Å². The third-order valence-corrected chi connectivity index (χ3v) is 7.86. The summed E-state index contributed by atoms with van der Waals surface area (Å²) in [6.45, 7) is 4.88. The molecule has 0 N–H and O–H groups in total. The summed E-state index contributed by atoms with van der Waals surface area (Å²) in [7, 11) is -3.71. The Balaban J connectivity index is 1.58. The number of rotatable bonds is 10. The van der Waals surface area contributed by atoms with Crippen molar-refractivity contribution < 1.29 is 12.8 Å². The second kappa shape index (κ2) is 11.1. The lowest BCUT2D eigenvalue weighted by Crippen LogP contribution is -2.32. The first-order chi connectivity index (χ1) is 18.4. The maximum Gasteiger partial charge on any atom is 0.198 e. The van der Waals surface area contributed by atoms with E-state index in [0.717, 1.165) is 28.0 Å². The summed E-state index contributed by atoms with van der Waals surface area (Å²) in [5, 5.41) is 12.4. The van der Waals surface area contributed by atoms with Crippen LogP contribution >= 0.6 is 0 Å². The number of hydrogen-bond acceptors (Lipinski definition) is 8. The number of tetrazole rings is 1. The fraction of sp³-hybridized carbons (Fsp3) is 0.214. The van der Waals surface area contributed by atoms with E-state index in [-0.39, 0.29) is 10.8 Å². The Morgan fingerprint density at radius 1 is 0.921 bits per heavy atom. The van der Waals surface area contributed by atoms with Crippen molar-refractivity contribution in [2.24, 2.45) is 0 Å². The lowest BCUT2D eigenvalue weighted by molar-refractivity contribution is 0.180. The van der Waals surface area contributed by atoms with E-state index in [4.69, 9.17) is 4.42 Å². The van der Waals surface area contributed by atoms with Crippen molar-refractivity contribution in [3.63, 3.8) is 0 Å². The molecule has 1 atom stereocenters. The number of pyridine rings is 1. The van der Waals surface area contributed by atoms with Crippen LogP contribution in [-0.4, -0.2) is 38.5 Å². The summed E-state index contributed by atoms with van der Waals surface area (Å²) in [5.74, 6) is 0.791. The molecule has 2 aromatic carbocycles. The van der Waals surface area contributed by atoms with Crippen LogP contribution in [0.5, 0.6) is 0 Å². The third-order valence-electron chi connectivity index (χ3n) is 6.28. The van der Waals surface area contributed by atoms with Crippen molar-refractivity contribution in [1.82, 2.24) is 30.1 Å². The molecule has 38 heavy (non-hydrogen) atoms. The lowest BCUT2D eigenvalue weighted by Gasteiger charge is -2.30. The highest BCUT2D eigenvalue weighted by molar-refractivity contribution is 7.90. The van der Waals surface area contributed by atoms with Gasteiger partial charge in [0.2, 0.25) is 0 Å². The molecular weight excluding hydrogens is 500 g/mol. The first kappa shape index (κ1) is 25.5. The summed E-state index contributed by atoms with van der Waals surface area (Å²) < 4.78 is 33.7. The third kappa shape index (κ3) is 5.87. The van der Waals surface area contributed by atoms with Crippen LogP contribution in [-0.2, 0) is 28.8 Å². The van der Waals surface area contributed by atoms with Gasteiger partial charge in [-0.15, -0.1) is 5.10 Å². The molecule has 3 heterocycles. The van der Waals surface area contributed by atoms with Crippen LogP contribution in [0.15, 0.2) is 101 Å². The van der Waals surface area contributed by atoms with E-state index in [1.807, 2.05) is 68.6 Å². The number of sulfone groups is 1. The summed E-state index contributed by atoms with van der Waals surface area (Å²) in [4.78, 5) is 6.65. The van der Waals surface area contributed by atoms with Gasteiger partial charge < -0.3 is 4.42 Å². The Labute approximate surface area is 221 Å². The van der Waals surface area contributed by atoms with Crippen molar-refractivity contribution >= 4 is 9.84 Å². The molecule has 0 aliphatic rings. The predicted octanol–water partition coefficient (Wildman–Crippen LogP) is 4.50. The molecule has 0 aliphatic carbocycles. The van der Waals surface area contributed by atoms with Crippen LogP contribution in [0.3, 0.4) is 0 Å². The van der Waals surface area contributed by atoms with E-state index >= 15 is 0 Å². The van der Waals surface area contributed by atoms with E-state index < -0.39 is 15.9 Å². The zero-order valence-electron chi connectivity index (χ0n) is 21.2. The van der Waals surface area contributed by atoms with Crippen LogP contribution in [0.1, 0.15) is 39.9 Å². The van der Waals surface area contributed by atoms with Crippen molar-refractivity contribution in [3.05, 3.63) is 125 Å². The lowest BCUT2D eigenvalue weighted by atomic mass is 10.0. The molecule has 9 nitrogen and oxygen atoms in total. The minimum atomic E-state index is -3.71. The maximum atomic E-state index is 13.3. The normalized spacial score (nSPS) is 12.6. The fourth-order valence-corrected chi connectivity index (χ4v) is 5.53. The molecule has 1 unspecified atom stereocenters. The molecule has 0 spiro atoms. The number of hydrogen-bond donors (Lipinski definition) is 0. The van der Waals surface area contributed by atoms with Crippen LogP contribution in [0, 0.1) is 13.8 Å². The Hall–Kier alpha value is -4.15. The summed E-state index contributed by atoms with van der Waals surface area (Å²) in [6.07, 6.45) is 5.18. The molecule has 0 saturated heterocycles. The van der Waals surface area contributed by atoms with Gasteiger partial charge in [-0.05, 0) is 65.7 Å². The number of aryl methyl sites for hydroxylation is 2. The summed E-state index contributed by atoms with van der Waals surface area (Å²) >= 11 is 0. The molecular formula is C28H28N6O3S. The topological polar surface area (TPSA) is 107 Å². The second-order valence-corrected chi connectivity index (χ2v) is 11.2. The van der Waals surface area contributed by atoms with E-state index in [2.05, 4.69) is 25.4 Å². The van der Waals surface area contributed by atoms with Gasteiger partial charge in [0, 0.05) is 18.9 Å². The van der Waals surface area contributed by atoms with Crippen molar-refractivity contribution in [2.45, 2.75) is 43.8 Å². The van der Waals surface area contributed by atoms with Gasteiger partial charge in [0.1, 0.15) is 5.76 Å². The Morgan fingerprint density at radius 3 is 2.32 bits per heavy atom. The number of benzene rings is 2. The van der Waals surface area contributed by atoms with Crippen molar-refractivity contribution in [2.75, 3.05) is 0 Å². The van der Waals surface area contributed by atoms with Crippen LogP contribution < -0.4 is 0 Å². The second-order valence-electron chi connectivity index (χ2n) is 9.25. The van der Waals surface area contributed by atoms with Crippen LogP contribution in [0.2, 0.25) is 0 Å². The molecule has 0 fully saturated rings. The Kier molecular flexibility index (Phi) is 7.43. The van der Waals surface area contributed by atoms with Gasteiger partial charge >= 0.3 is 0 Å². The average Bonchev–Trinajstić information content (AvgIpc) is 3.58. The van der Waals surface area contributed by atoms with Gasteiger partial charge in [-0.3, -0.25) is 9.88 Å². The summed E-state index contributed by atoms with van der Waals surface area (Å²) in [5.41, 5.74) is 4.01. The molecule has 194 valence electrons. The highest BCUT2D eigenvalue weighted by Crippen LogP contribution is 2.31. The van der Waals surface area contributed by atoms with Gasteiger partial charge in [0.25, 0.3) is 0 Å². The highest BCUT2D eigenvalue weighted by Gasteiger charge is 2.31. The minimum absolute atomic E-state index is 0.222. The number of furan rings is 1. The van der Waals surface area contributed by atoms with E-state index in [0.29, 0.717) is 18.9 Å². The molecule has 5 rings (SSSR count). The average molecular weight is 529 g/mol. The molecule has 10 heteroatoms. The quantitative estimate of drug-likeness (QED) is 0.261. The molecule has 0 radical (unpaired) electrons. The summed E-state index contributed by atoms with van der Waals surface area (Å²) in [6, 6.07) is 22.0. The van der Waals surface area contributed by atoms with E-state index in [1.54, 1.807) is 36.7 Å². The molecule has 3 aromatic heterocycles. The monoisotopic (exact) mass is 528 g/mol. The van der Waals surface area contributed by atoms with Gasteiger partial charge in [0.15, 0.2) is 21.5 Å². The predicted molar refractivity (Wildman–Crippen MR) is 141 cm³/mol. The first-order valence-corrected chi connectivity index (χ1v) is 13.8. The Bertz CT molecular complexity index is 1570. The van der Waals surface area contributed by atoms with Crippen molar-refractivity contribution in [3.8, 4) is 0 Å². The largest absolute Gasteiger partial charge is 0.468 e. The standard InChI is InChI=1S/C28H28N6O3S/c1-21-7-11-24(12-8-21)27(33(19-25-6-4-16-37-25)18-23-5-3-15-29-17-23)28-30-31-32-34(28)20-38(35,36)26-13-9-22(2)10-14-26/h3-17,27H,18-20H2,1-2H3. The van der Waals surface area contributed by atoms with Gasteiger partial charge in [-0.2, -0.15) is 0 Å². The minimum Gasteiger partial charge on any atom is -0.468 e. The number of nitrogens with zero attached hydrogens (tertiary/aromatic N) is 6. The molecule has 0 amide bonds. The van der Waals surface area contributed by atoms with Crippen LogP contribution in [0.4, 0.5) is 0 Å². The molecule has 0 aliphatic heterocycles. The maximum absolute atomic E-state index is 13.3. The molecule has 0 bridgehead atoms. The van der Waals surface area contributed by atoms with E-state index in [9.17, 15) is 8.42 Å². The van der Waals surface area contributed by atoms with E-state index in [1.165, 1.54) is 4.68 Å². The Morgan fingerprint density at radius 2 is 1.66 bits per heavy atom. The zero-order valence-corrected chi connectivity index (χ0v) is 22.0.